The summed E-state index contributed by atoms with van der Waals surface area (Å²) < 4.78 is 26.2. The number of anilines is 2. The molecule has 0 radical (unpaired) electrons. The second kappa shape index (κ2) is 5.60. The minimum Gasteiger partial charge on any atom is -0.323 e. The van der Waals surface area contributed by atoms with Gasteiger partial charge in [0.15, 0.2) is 0 Å². The molecule has 19 heavy (non-hydrogen) atoms. The molecule has 6 heteroatoms. The second-order valence-corrected chi connectivity index (χ2v) is 4.08. The lowest BCUT2D eigenvalue weighted by Crippen LogP contribution is -2.12. The van der Waals surface area contributed by atoms with Crippen LogP contribution in [0.15, 0.2) is 29.1 Å². The molecule has 0 fully saturated rings. The summed E-state index contributed by atoms with van der Waals surface area (Å²) in [7, 11) is 0. The summed E-state index contributed by atoms with van der Waals surface area (Å²) in [6, 6.07) is 4.53. The molecule has 2 aromatic rings. The van der Waals surface area contributed by atoms with Crippen LogP contribution in [0.5, 0.6) is 0 Å². The Morgan fingerprint density at radius 3 is 2.79 bits per heavy atom. The highest BCUT2D eigenvalue weighted by Gasteiger charge is 2.06. The molecule has 2 N–H and O–H groups in total. The van der Waals surface area contributed by atoms with Gasteiger partial charge < -0.3 is 5.32 Å². The van der Waals surface area contributed by atoms with E-state index in [0.717, 1.165) is 18.6 Å². The van der Waals surface area contributed by atoms with E-state index in [1.54, 1.807) is 0 Å². The van der Waals surface area contributed by atoms with Crippen molar-refractivity contribution in [1.82, 2.24) is 9.97 Å². The van der Waals surface area contributed by atoms with E-state index in [0.29, 0.717) is 12.1 Å². The predicted molar refractivity (Wildman–Crippen MR) is 68.5 cm³/mol. The predicted octanol–water partition coefficient (Wildman–Crippen LogP) is 2.74. The zero-order valence-electron chi connectivity index (χ0n) is 10.3. The second-order valence-electron chi connectivity index (χ2n) is 4.08. The van der Waals surface area contributed by atoms with Crippen molar-refractivity contribution in [2.45, 2.75) is 19.8 Å². The van der Waals surface area contributed by atoms with Crippen molar-refractivity contribution in [3.63, 3.8) is 0 Å². The van der Waals surface area contributed by atoms with E-state index in [1.165, 1.54) is 12.1 Å². The highest BCUT2D eigenvalue weighted by molar-refractivity contribution is 5.53. The summed E-state index contributed by atoms with van der Waals surface area (Å²) in [5.74, 6) is -1.27. The Morgan fingerprint density at radius 1 is 1.32 bits per heavy atom. The third-order valence-electron chi connectivity index (χ3n) is 2.49. The minimum absolute atomic E-state index is 0.0539. The number of rotatable bonds is 4. The van der Waals surface area contributed by atoms with Gasteiger partial charge in [0.1, 0.15) is 11.6 Å². The fourth-order valence-corrected chi connectivity index (χ4v) is 1.67. The zero-order chi connectivity index (χ0) is 13.8. The van der Waals surface area contributed by atoms with Gasteiger partial charge in [-0.1, -0.05) is 13.3 Å². The third kappa shape index (κ3) is 3.37. The van der Waals surface area contributed by atoms with Gasteiger partial charge in [0, 0.05) is 17.8 Å². The van der Waals surface area contributed by atoms with Crippen LogP contribution >= 0.6 is 0 Å². The molecule has 1 aromatic heterocycles. The number of halogens is 2. The molecule has 0 unspecified atom stereocenters. The number of aromatic nitrogens is 2. The van der Waals surface area contributed by atoms with Crippen LogP contribution in [-0.2, 0) is 6.42 Å². The molecule has 0 aliphatic rings. The van der Waals surface area contributed by atoms with E-state index in [4.69, 9.17) is 0 Å². The van der Waals surface area contributed by atoms with Gasteiger partial charge in [-0.3, -0.25) is 9.78 Å². The Kier molecular flexibility index (Phi) is 3.89. The van der Waals surface area contributed by atoms with Gasteiger partial charge in [0.25, 0.3) is 5.56 Å². The van der Waals surface area contributed by atoms with Crippen LogP contribution in [0.1, 0.15) is 19.0 Å². The smallest absolute Gasteiger partial charge is 0.252 e. The van der Waals surface area contributed by atoms with Gasteiger partial charge in [-0.15, -0.1) is 0 Å². The number of benzene rings is 1. The highest BCUT2D eigenvalue weighted by atomic mass is 19.1. The van der Waals surface area contributed by atoms with Gasteiger partial charge in [-0.25, -0.2) is 13.8 Å². The average Bonchev–Trinajstić information content (AvgIpc) is 2.32. The first-order valence-corrected chi connectivity index (χ1v) is 5.91. The molecule has 0 atom stereocenters. The average molecular weight is 265 g/mol. The first kappa shape index (κ1) is 13.2. The summed E-state index contributed by atoms with van der Waals surface area (Å²) in [6.45, 7) is 1.97. The van der Waals surface area contributed by atoms with Crippen molar-refractivity contribution in [3.8, 4) is 0 Å². The Morgan fingerprint density at radius 2 is 2.11 bits per heavy atom. The molecule has 0 aliphatic carbocycles. The first-order chi connectivity index (χ1) is 9.08. The van der Waals surface area contributed by atoms with E-state index >= 15 is 0 Å². The minimum atomic E-state index is -0.747. The summed E-state index contributed by atoms with van der Waals surface area (Å²) in [4.78, 5) is 18.0. The first-order valence-electron chi connectivity index (χ1n) is 5.91. The Hall–Kier alpha value is -2.24. The maximum atomic E-state index is 13.5. The van der Waals surface area contributed by atoms with Crippen LogP contribution < -0.4 is 10.9 Å². The Labute approximate surface area is 108 Å². The van der Waals surface area contributed by atoms with Crippen molar-refractivity contribution in [1.29, 1.82) is 0 Å². The Bertz CT molecular complexity index is 640. The van der Waals surface area contributed by atoms with Crippen molar-refractivity contribution in [2.75, 3.05) is 5.32 Å². The standard InChI is InChI=1S/C13H13F2N3O/c1-2-3-9-7-12(19)18-13(16-9)17-11-5-4-8(14)6-10(11)15/h4-7H,2-3H2,1H3,(H2,16,17,18,19). The lowest BCUT2D eigenvalue weighted by molar-refractivity contribution is 0.586. The molecule has 1 heterocycles. The van der Waals surface area contributed by atoms with E-state index in [9.17, 15) is 13.6 Å². The van der Waals surface area contributed by atoms with E-state index in [-0.39, 0.29) is 17.2 Å². The number of nitrogens with zero attached hydrogens (tertiary/aromatic N) is 1. The molecule has 0 bridgehead atoms. The van der Waals surface area contributed by atoms with Gasteiger partial charge in [0.2, 0.25) is 5.95 Å². The topological polar surface area (TPSA) is 57.8 Å². The Balaban J connectivity index is 2.30. The maximum absolute atomic E-state index is 13.5. The number of hydrogen-bond acceptors (Lipinski definition) is 3. The molecule has 0 spiro atoms. The molecular formula is C13H13F2N3O. The molecule has 1 aromatic carbocycles. The molecule has 0 saturated carbocycles. The van der Waals surface area contributed by atoms with Crippen LogP contribution in [0.4, 0.5) is 20.4 Å². The summed E-state index contributed by atoms with van der Waals surface area (Å²) in [5, 5.41) is 2.63. The maximum Gasteiger partial charge on any atom is 0.252 e. The number of aromatic amines is 1. The van der Waals surface area contributed by atoms with Gasteiger partial charge >= 0.3 is 0 Å². The van der Waals surface area contributed by atoms with Gasteiger partial charge in [0.05, 0.1) is 5.69 Å². The van der Waals surface area contributed by atoms with Crippen molar-refractivity contribution < 1.29 is 8.78 Å². The van der Waals surface area contributed by atoms with Crippen LogP contribution in [0.2, 0.25) is 0 Å². The van der Waals surface area contributed by atoms with E-state index in [2.05, 4.69) is 15.3 Å². The number of hydrogen-bond donors (Lipinski definition) is 2. The number of H-pyrrole nitrogens is 1. The van der Waals surface area contributed by atoms with Crippen LogP contribution in [-0.4, -0.2) is 9.97 Å². The normalized spacial score (nSPS) is 10.5. The molecule has 0 amide bonds. The zero-order valence-corrected chi connectivity index (χ0v) is 10.3. The largest absolute Gasteiger partial charge is 0.323 e. The molecule has 0 aliphatic heterocycles. The fourth-order valence-electron chi connectivity index (χ4n) is 1.67. The summed E-state index contributed by atoms with van der Waals surface area (Å²) >= 11 is 0. The molecule has 0 saturated heterocycles. The molecule has 4 nitrogen and oxygen atoms in total. The molecule has 100 valence electrons. The monoisotopic (exact) mass is 265 g/mol. The van der Waals surface area contributed by atoms with Crippen LogP contribution in [0, 0.1) is 11.6 Å². The SMILES string of the molecule is CCCc1cc(=O)[nH]c(Nc2ccc(F)cc2F)n1. The van der Waals surface area contributed by atoms with Crippen LogP contribution in [0.25, 0.3) is 0 Å². The lowest BCUT2D eigenvalue weighted by atomic mass is 10.2. The van der Waals surface area contributed by atoms with Crippen LogP contribution in [0.3, 0.4) is 0 Å². The molecular weight excluding hydrogens is 252 g/mol. The number of nitrogens with one attached hydrogen (secondary N) is 2. The third-order valence-corrected chi connectivity index (χ3v) is 2.49. The fraction of sp³-hybridized carbons (Fsp3) is 0.231. The van der Waals surface area contributed by atoms with E-state index < -0.39 is 11.6 Å². The van der Waals surface area contributed by atoms with Gasteiger partial charge in [-0.05, 0) is 18.6 Å². The highest BCUT2D eigenvalue weighted by Crippen LogP contribution is 2.18. The lowest BCUT2D eigenvalue weighted by Gasteiger charge is -2.07. The van der Waals surface area contributed by atoms with Crippen molar-refractivity contribution in [3.05, 3.63) is 51.9 Å². The van der Waals surface area contributed by atoms with E-state index in [1.807, 2.05) is 6.92 Å². The summed E-state index contributed by atoms with van der Waals surface area (Å²) in [6.07, 6.45) is 1.51. The molecule has 2 rings (SSSR count). The van der Waals surface area contributed by atoms with Crippen molar-refractivity contribution >= 4 is 11.6 Å². The van der Waals surface area contributed by atoms with Gasteiger partial charge in [-0.2, -0.15) is 0 Å². The summed E-state index contributed by atoms with van der Waals surface area (Å²) in [5.41, 5.74) is 0.359. The van der Waals surface area contributed by atoms with Crippen molar-refractivity contribution in [2.24, 2.45) is 0 Å². The quantitative estimate of drug-likeness (QED) is 0.893. The number of aryl methyl sites for hydroxylation is 1.